The van der Waals surface area contributed by atoms with E-state index < -0.39 is 0 Å². The molecule has 5 rings (SSSR count). The zero-order valence-corrected chi connectivity index (χ0v) is 20.2. The van der Waals surface area contributed by atoms with Crippen molar-refractivity contribution in [2.45, 2.75) is 66.0 Å². The van der Waals surface area contributed by atoms with Crippen LogP contribution in [0.15, 0.2) is 40.9 Å². The van der Waals surface area contributed by atoms with E-state index in [1.165, 1.54) is 10.5 Å². The van der Waals surface area contributed by atoms with Crippen molar-refractivity contribution in [1.29, 1.82) is 0 Å². The molecule has 176 valence electrons. The summed E-state index contributed by atoms with van der Waals surface area (Å²) in [6.45, 7) is 8.31. The molecule has 0 radical (unpaired) electrons. The molecule has 3 aromatic rings. The number of rotatable bonds is 4. The molecular formula is C27H30N4O3. The van der Waals surface area contributed by atoms with Crippen LogP contribution in [0.2, 0.25) is 0 Å². The van der Waals surface area contributed by atoms with Crippen LogP contribution in [0.4, 0.5) is 10.5 Å². The minimum absolute atomic E-state index is 0.101. The van der Waals surface area contributed by atoms with Crippen molar-refractivity contribution in [3.8, 4) is 11.4 Å². The van der Waals surface area contributed by atoms with Crippen molar-refractivity contribution in [3.63, 3.8) is 0 Å². The summed E-state index contributed by atoms with van der Waals surface area (Å²) in [4.78, 5) is 34.8. The molecule has 1 aliphatic heterocycles. The number of imide groups is 1. The summed E-state index contributed by atoms with van der Waals surface area (Å²) < 4.78 is 5.56. The number of anilines is 1. The molecule has 2 aliphatic rings. The van der Waals surface area contributed by atoms with Gasteiger partial charge in [0.2, 0.25) is 17.6 Å². The van der Waals surface area contributed by atoms with Crippen LogP contribution in [0.5, 0.6) is 0 Å². The molecule has 2 fully saturated rings. The molecular weight excluding hydrogens is 428 g/mol. The SMILES string of the molecule is Cc1ccc(-c2noc(CN3C(=O)N(c4ccc(C)c(C)c4)C(=O)C4CCCCC43)n2)cc1C. The standard InChI is InChI=1S/C27H30N4O3/c1-16-9-11-20(13-18(16)3)25-28-24(34-29-25)15-30-23-8-6-5-7-22(23)26(32)31(27(30)33)21-12-10-17(2)19(4)14-21/h9-14,22-23H,5-8,15H2,1-4H3. The van der Waals surface area contributed by atoms with Crippen LogP contribution in [0.3, 0.4) is 0 Å². The van der Waals surface area contributed by atoms with Gasteiger partial charge in [-0.15, -0.1) is 0 Å². The Kier molecular flexibility index (Phi) is 5.71. The molecule has 2 aromatic carbocycles. The lowest BCUT2D eigenvalue weighted by Crippen LogP contribution is -2.62. The van der Waals surface area contributed by atoms with E-state index in [4.69, 9.17) is 4.52 Å². The smallest absolute Gasteiger partial charge is 0.332 e. The molecule has 1 aromatic heterocycles. The Morgan fingerprint density at radius 2 is 1.62 bits per heavy atom. The maximum atomic E-state index is 13.7. The van der Waals surface area contributed by atoms with Gasteiger partial charge in [0.25, 0.3) is 0 Å². The monoisotopic (exact) mass is 458 g/mol. The summed E-state index contributed by atoms with van der Waals surface area (Å²) in [6, 6.07) is 11.3. The number of carbonyl (C=O) groups is 2. The summed E-state index contributed by atoms with van der Waals surface area (Å²) in [6.07, 6.45) is 3.58. The van der Waals surface area contributed by atoms with E-state index in [-0.39, 0.29) is 30.4 Å². The Morgan fingerprint density at radius 3 is 2.35 bits per heavy atom. The van der Waals surface area contributed by atoms with Crippen molar-refractivity contribution in [3.05, 3.63) is 64.5 Å². The van der Waals surface area contributed by atoms with E-state index in [2.05, 4.69) is 17.1 Å². The van der Waals surface area contributed by atoms with Gasteiger partial charge in [-0.2, -0.15) is 4.98 Å². The maximum Gasteiger partial charge on any atom is 0.332 e. The third kappa shape index (κ3) is 3.89. The number of urea groups is 1. The molecule has 2 atom stereocenters. The zero-order chi connectivity index (χ0) is 24.0. The normalized spacial score (nSPS) is 20.6. The fourth-order valence-electron chi connectivity index (χ4n) is 5.05. The van der Waals surface area contributed by atoms with Crippen LogP contribution < -0.4 is 4.90 Å². The Labute approximate surface area is 199 Å². The second kappa shape index (κ2) is 8.70. The predicted molar refractivity (Wildman–Crippen MR) is 129 cm³/mol. The second-order valence-corrected chi connectivity index (χ2v) is 9.62. The molecule has 0 N–H and O–H groups in total. The first kappa shape index (κ1) is 22.3. The van der Waals surface area contributed by atoms with Crippen LogP contribution in [0, 0.1) is 33.6 Å². The molecule has 2 unspecified atom stereocenters. The minimum atomic E-state index is -0.317. The molecule has 7 heteroatoms. The summed E-state index contributed by atoms with van der Waals surface area (Å²) in [5, 5.41) is 4.16. The summed E-state index contributed by atoms with van der Waals surface area (Å²) in [5.74, 6) is 0.566. The van der Waals surface area contributed by atoms with Gasteiger partial charge >= 0.3 is 6.03 Å². The number of benzene rings is 2. The first-order valence-corrected chi connectivity index (χ1v) is 12.0. The number of aromatic nitrogens is 2. The molecule has 0 bridgehead atoms. The van der Waals surface area contributed by atoms with E-state index in [9.17, 15) is 9.59 Å². The first-order valence-electron chi connectivity index (χ1n) is 12.0. The van der Waals surface area contributed by atoms with Crippen molar-refractivity contribution < 1.29 is 14.1 Å². The average molecular weight is 459 g/mol. The number of carbonyl (C=O) groups excluding carboxylic acids is 2. The van der Waals surface area contributed by atoms with E-state index in [1.54, 1.807) is 4.90 Å². The van der Waals surface area contributed by atoms with E-state index in [1.807, 2.05) is 57.2 Å². The highest BCUT2D eigenvalue weighted by molar-refractivity contribution is 6.17. The van der Waals surface area contributed by atoms with E-state index >= 15 is 0 Å². The van der Waals surface area contributed by atoms with Gasteiger partial charge in [0, 0.05) is 11.6 Å². The van der Waals surface area contributed by atoms with Crippen LogP contribution in [0.25, 0.3) is 11.4 Å². The van der Waals surface area contributed by atoms with Gasteiger partial charge in [0.05, 0.1) is 11.6 Å². The van der Waals surface area contributed by atoms with E-state index in [0.717, 1.165) is 47.9 Å². The van der Waals surface area contributed by atoms with Gasteiger partial charge in [-0.05, 0) is 81.0 Å². The van der Waals surface area contributed by atoms with Crippen molar-refractivity contribution in [2.24, 2.45) is 5.92 Å². The first-order chi connectivity index (χ1) is 16.3. The zero-order valence-electron chi connectivity index (χ0n) is 20.2. The lowest BCUT2D eigenvalue weighted by molar-refractivity contribution is -0.127. The van der Waals surface area contributed by atoms with Crippen molar-refractivity contribution in [2.75, 3.05) is 4.90 Å². The molecule has 3 amide bonds. The van der Waals surface area contributed by atoms with Gasteiger partial charge in [-0.1, -0.05) is 36.2 Å². The Hall–Kier alpha value is -3.48. The van der Waals surface area contributed by atoms with E-state index in [0.29, 0.717) is 17.4 Å². The molecule has 34 heavy (non-hydrogen) atoms. The highest BCUT2D eigenvalue weighted by atomic mass is 16.5. The number of aryl methyl sites for hydroxylation is 4. The summed E-state index contributed by atoms with van der Waals surface area (Å²) in [5.41, 5.74) is 6.02. The number of hydrogen-bond acceptors (Lipinski definition) is 5. The Morgan fingerprint density at radius 1 is 0.912 bits per heavy atom. The lowest BCUT2D eigenvalue weighted by atomic mass is 9.81. The molecule has 1 saturated heterocycles. The predicted octanol–water partition coefficient (Wildman–Crippen LogP) is 5.50. The Bertz CT molecular complexity index is 1260. The lowest BCUT2D eigenvalue weighted by Gasteiger charge is -2.46. The van der Waals surface area contributed by atoms with Gasteiger partial charge < -0.3 is 9.42 Å². The quantitative estimate of drug-likeness (QED) is 0.516. The molecule has 2 heterocycles. The molecule has 0 spiro atoms. The van der Waals surface area contributed by atoms with Gasteiger partial charge in [-0.3, -0.25) is 4.79 Å². The van der Waals surface area contributed by atoms with Crippen LogP contribution in [0.1, 0.15) is 53.8 Å². The van der Waals surface area contributed by atoms with Crippen LogP contribution in [-0.2, 0) is 11.3 Å². The number of hydrogen-bond donors (Lipinski definition) is 0. The molecule has 7 nitrogen and oxygen atoms in total. The third-order valence-electron chi connectivity index (χ3n) is 7.39. The number of nitrogens with zero attached hydrogens (tertiary/aromatic N) is 4. The molecule has 1 aliphatic carbocycles. The Balaban J connectivity index is 1.46. The van der Waals surface area contributed by atoms with Gasteiger partial charge in [0.15, 0.2) is 0 Å². The maximum absolute atomic E-state index is 13.7. The van der Waals surface area contributed by atoms with Crippen LogP contribution >= 0.6 is 0 Å². The third-order valence-corrected chi connectivity index (χ3v) is 7.39. The largest absolute Gasteiger partial charge is 0.337 e. The van der Waals surface area contributed by atoms with Crippen molar-refractivity contribution >= 4 is 17.6 Å². The van der Waals surface area contributed by atoms with Gasteiger partial charge in [-0.25, -0.2) is 9.69 Å². The number of fused-ring (bicyclic) bond motifs is 1. The highest BCUT2D eigenvalue weighted by Crippen LogP contribution is 2.37. The summed E-state index contributed by atoms with van der Waals surface area (Å²) in [7, 11) is 0. The molecule has 1 saturated carbocycles. The minimum Gasteiger partial charge on any atom is -0.337 e. The second-order valence-electron chi connectivity index (χ2n) is 9.62. The number of amides is 3. The van der Waals surface area contributed by atoms with Gasteiger partial charge in [0.1, 0.15) is 6.54 Å². The average Bonchev–Trinajstić information content (AvgIpc) is 3.29. The fourth-order valence-corrected chi connectivity index (χ4v) is 5.05. The van der Waals surface area contributed by atoms with Crippen LogP contribution in [-0.4, -0.2) is 33.0 Å². The topological polar surface area (TPSA) is 79.5 Å². The van der Waals surface area contributed by atoms with Crippen molar-refractivity contribution in [1.82, 2.24) is 15.0 Å². The summed E-state index contributed by atoms with van der Waals surface area (Å²) >= 11 is 0. The fraction of sp³-hybridized carbons (Fsp3) is 0.407. The highest BCUT2D eigenvalue weighted by Gasteiger charge is 2.48.